The van der Waals surface area contributed by atoms with Crippen LogP contribution in [-0.2, 0) is 12.5 Å². The van der Waals surface area contributed by atoms with Gasteiger partial charge in [0.2, 0.25) is 5.75 Å². The van der Waals surface area contributed by atoms with Crippen LogP contribution in [-0.4, -0.2) is 6.36 Å². The van der Waals surface area contributed by atoms with Gasteiger partial charge in [-0.25, -0.2) is 30.7 Å². The van der Waals surface area contributed by atoms with E-state index in [1.165, 1.54) is 6.07 Å². The number of hydrogen-bond acceptors (Lipinski definition) is 2. The lowest BCUT2D eigenvalue weighted by molar-refractivity contribution is -0.276. The maximum Gasteiger partial charge on any atom is 0.573 e. The van der Waals surface area contributed by atoms with E-state index in [-0.39, 0.29) is 12.1 Å². The fraction of sp³-hybridized carbons (Fsp3) is 0.212. The van der Waals surface area contributed by atoms with Crippen LogP contribution in [0.15, 0.2) is 54.6 Å². The van der Waals surface area contributed by atoms with Gasteiger partial charge in [0, 0.05) is 17.7 Å². The predicted molar refractivity (Wildman–Crippen MR) is 145 cm³/mol. The monoisotopic (exact) mass is 676 g/mol. The van der Waals surface area contributed by atoms with Crippen LogP contribution in [0.3, 0.4) is 0 Å². The van der Waals surface area contributed by atoms with Gasteiger partial charge in [0.1, 0.15) is 34.8 Å². The predicted octanol–water partition coefficient (Wildman–Crippen LogP) is 10.5. The van der Waals surface area contributed by atoms with Gasteiger partial charge in [0.25, 0.3) is 0 Å². The Hall–Kier alpha value is -4.80. The fourth-order valence-corrected chi connectivity index (χ4v) is 4.43. The molecule has 0 amide bonds. The quantitative estimate of drug-likeness (QED) is 0.0998. The molecule has 0 fully saturated rings. The molecule has 0 aliphatic rings. The van der Waals surface area contributed by atoms with E-state index in [1.54, 1.807) is 0 Å². The van der Waals surface area contributed by atoms with Crippen LogP contribution in [0.2, 0.25) is 0 Å². The highest BCUT2D eigenvalue weighted by atomic mass is 19.4. The molecule has 0 aliphatic heterocycles. The summed E-state index contributed by atoms with van der Waals surface area (Å²) >= 11 is 0. The molecule has 4 rings (SSSR count). The molecule has 47 heavy (non-hydrogen) atoms. The molecule has 0 aromatic heterocycles. The number of alkyl halides is 5. The van der Waals surface area contributed by atoms with Gasteiger partial charge in [0.15, 0.2) is 11.6 Å². The topological polar surface area (TPSA) is 18.5 Å². The van der Waals surface area contributed by atoms with Crippen molar-refractivity contribution in [1.29, 1.82) is 0 Å². The Kier molecular flexibility index (Phi) is 10.4. The van der Waals surface area contributed by atoms with Crippen molar-refractivity contribution in [1.82, 2.24) is 0 Å². The van der Waals surface area contributed by atoms with Crippen molar-refractivity contribution < 1.29 is 62.2 Å². The van der Waals surface area contributed by atoms with Crippen molar-refractivity contribution in [2.45, 2.75) is 45.1 Å². The molecule has 2 nitrogen and oxygen atoms in total. The number of aryl methyl sites for hydroxylation is 1. The first-order valence-electron chi connectivity index (χ1n) is 13.6. The molecule has 0 radical (unpaired) electrons. The molecule has 0 saturated heterocycles. The molecule has 0 atom stereocenters. The Balaban J connectivity index is 1.56. The summed E-state index contributed by atoms with van der Waals surface area (Å²) in [5.41, 5.74) is -4.21. The molecule has 0 bridgehead atoms. The van der Waals surface area contributed by atoms with E-state index in [1.807, 2.05) is 18.8 Å². The highest BCUT2D eigenvalue weighted by Gasteiger charge is 2.38. The van der Waals surface area contributed by atoms with Gasteiger partial charge in [-0.3, -0.25) is 0 Å². The molecular formula is C33H20F12O2. The number of hydrogen-bond donors (Lipinski definition) is 0. The molecule has 0 heterocycles. The van der Waals surface area contributed by atoms with Gasteiger partial charge < -0.3 is 9.47 Å². The summed E-state index contributed by atoms with van der Waals surface area (Å²) < 4.78 is 176. The van der Waals surface area contributed by atoms with E-state index >= 15 is 0 Å². The summed E-state index contributed by atoms with van der Waals surface area (Å²) in [6, 6.07) is 5.03. The van der Waals surface area contributed by atoms with Gasteiger partial charge in [-0.1, -0.05) is 37.7 Å². The summed E-state index contributed by atoms with van der Waals surface area (Å²) in [6.45, 7) is 1.96. The van der Waals surface area contributed by atoms with Crippen molar-refractivity contribution in [3.8, 4) is 34.5 Å². The summed E-state index contributed by atoms with van der Waals surface area (Å²) in [4.78, 5) is 0. The normalized spacial score (nSPS) is 11.7. The highest BCUT2D eigenvalue weighted by Crippen LogP contribution is 2.36. The zero-order chi connectivity index (χ0) is 34.7. The van der Waals surface area contributed by atoms with E-state index in [2.05, 4.69) is 9.47 Å². The Morgan fingerprint density at radius 1 is 0.617 bits per heavy atom. The average Bonchev–Trinajstić information content (AvgIpc) is 2.93. The van der Waals surface area contributed by atoms with Gasteiger partial charge in [0.05, 0.1) is 16.7 Å². The molecule has 4 aromatic rings. The van der Waals surface area contributed by atoms with E-state index in [9.17, 15) is 52.7 Å². The second-order valence-electron chi connectivity index (χ2n) is 10.0. The van der Waals surface area contributed by atoms with Crippen LogP contribution < -0.4 is 9.47 Å². The molecule has 0 spiro atoms. The molecule has 4 aromatic carbocycles. The van der Waals surface area contributed by atoms with Crippen molar-refractivity contribution in [3.63, 3.8) is 0 Å². The molecule has 248 valence electrons. The molecule has 0 aliphatic carbocycles. The summed E-state index contributed by atoms with van der Waals surface area (Å²) in [5.74, 6) is -10.1. The lowest BCUT2D eigenvalue weighted by Crippen LogP contribution is -2.23. The second-order valence-corrected chi connectivity index (χ2v) is 10.0. The van der Waals surface area contributed by atoms with Gasteiger partial charge >= 0.3 is 12.5 Å². The van der Waals surface area contributed by atoms with E-state index < -0.39 is 92.5 Å². The van der Waals surface area contributed by atoms with E-state index in [4.69, 9.17) is 0 Å². The Morgan fingerprint density at radius 2 is 1.21 bits per heavy atom. The standard InChI is InChI=1S/C33H20F12O2/c1-2-3-4-5-17-7-9-22(25(36)10-17)32(41,42)46-20-15-23(34)21(24(35)16-20)8-6-18-11-26(37)30(27(38)12-18)19-13-28(39)31(29(40)14-19)47-33(43,44)45/h7,9-16H,2-5H2,1H3. The van der Waals surface area contributed by atoms with E-state index in [0.717, 1.165) is 31.4 Å². The van der Waals surface area contributed by atoms with Crippen LogP contribution >= 0.6 is 0 Å². The van der Waals surface area contributed by atoms with Crippen LogP contribution in [0.4, 0.5) is 52.7 Å². The minimum Gasteiger partial charge on any atom is -0.429 e. The third kappa shape index (κ3) is 8.52. The maximum absolute atomic E-state index is 14.8. The van der Waals surface area contributed by atoms with E-state index in [0.29, 0.717) is 36.2 Å². The number of rotatable bonds is 9. The SMILES string of the molecule is CCCCCc1ccc(C(F)(F)Oc2cc(F)c(C#Cc3cc(F)c(-c4cc(F)c(OC(F)(F)F)c(F)c4)c(F)c3)c(F)c2)c(F)c1. The summed E-state index contributed by atoms with van der Waals surface area (Å²) in [5, 5.41) is 0. The first-order valence-corrected chi connectivity index (χ1v) is 13.6. The lowest BCUT2D eigenvalue weighted by Gasteiger charge is -2.19. The Labute approximate surface area is 259 Å². The van der Waals surface area contributed by atoms with Crippen LogP contribution in [0.1, 0.15) is 48.4 Å². The molecule has 0 N–H and O–H groups in total. The van der Waals surface area contributed by atoms with Crippen molar-refractivity contribution in [2.75, 3.05) is 0 Å². The summed E-state index contributed by atoms with van der Waals surface area (Å²) in [7, 11) is 0. The Bertz CT molecular complexity index is 1790. The molecular weight excluding hydrogens is 656 g/mol. The third-order valence-corrected chi connectivity index (χ3v) is 6.56. The van der Waals surface area contributed by atoms with Gasteiger partial charge in [-0.05, 0) is 60.4 Å². The Morgan fingerprint density at radius 3 is 1.74 bits per heavy atom. The number of ether oxygens (including phenoxy) is 2. The zero-order valence-corrected chi connectivity index (χ0v) is 23.9. The summed E-state index contributed by atoms with van der Waals surface area (Å²) in [6.07, 6.45) is -6.87. The van der Waals surface area contributed by atoms with Crippen LogP contribution in [0.5, 0.6) is 11.5 Å². The number of benzene rings is 4. The lowest BCUT2D eigenvalue weighted by atomic mass is 10.0. The largest absolute Gasteiger partial charge is 0.573 e. The van der Waals surface area contributed by atoms with Crippen molar-refractivity contribution in [2.24, 2.45) is 0 Å². The second kappa shape index (κ2) is 13.9. The first kappa shape index (κ1) is 35.1. The molecule has 0 saturated carbocycles. The highest BCUT2D eigenvalue weighted by molar-refractivity contribution is 5.67. The minimum atomic E-state index is -5.46. The van der Waals surface area contributed by atoms with Crippen molar-refractivity contribution in [3.05, 3.63) is 118 Å². The smallest absolute Gasteiger partial charge is 0.429 e. The first-order chi connectivity index (χ1) is 22.0. The molecule has 0 unspecified atom stereocenters. The van der Waals surface area contributed by atoms with Crippen molar-refractivity contribution >= 4 is 0 Å². The molecule has 14 heteroatoms. The average molecular weight is 676 g/mol. The van der Waals surface area contributed by atoms with Crippen LogP contribution in [0.25, 0.3) is 11.1 Å². The maximum atomic E-state index is 14.8. The number of unbranched alkanes of at least 4 members (excludes halogenated alkanes) is 2. The van der Waals surface area contributed by atoms with Gasteiger partial charge in [-0.2, -0.15) is 8.78 Å². The fourth-order valence-electron chi connectivity index (χ4n) is 4.43. The number of halogens is 12. The van der Waals surface area contributed by atoms with Gasteiger partial charge in [-0.15, -0.1) is 13.2 Å². The van der Waals surface area contributed by atoms with Crippen LogP contribution in [0, 0.1) is 52.6 Å². The third-order valence-electron chi connectivity index (χ3n) is 6.56. The zero-order valence-electron chi connectivity index (χ0n) is 23.9. The minimum absolute atomic E-state index is 0.187.